The van der Waals surface area contributed by atoms with Gasteiger partial charge in [-0.15, -0.1) is 0 Å². The van der Waals surface area contributed by atoms with E-state index in [-0.39, 0.29) is 0 Å². The molecule has 106 valence electrons. The van der Waals surface area contributed by atoms with Crippen molar-refractivity contribution in [2.45, 2.75) is 51.3 Å². The minimum atomic E-state index is 0.724. The first-order chi connectivity index (χ1) is 9.31. The van der Waals surface area contributed by atoms with Crippen molar-refractivity contribution >= 4 is 11.8 Å². The van der Waals surface area contributed by atoms with Crippen LogP contribution < -0.4 is 5.32 Å². The van der Waals surface area contributed by atoms with Crippen molar-refractivity contribution in [2.24, 2.45) is 5.92 Å². The van der Waals surface area contributed by atoms with Gasteiger partial charge >= 0.3 is 0 Å². The van der Waals surface area contributed by atoms with Gasteiger partial charge in [-0.25, -0.2) is 0 Å². The highest BCUT2D eigenvalue weighted by Gasteiger charge is 2.23. The first-order valence-corrected chi connectivity index (χ1v) is 8.82. The molecule has 0 bridgehead atoms. The maximum absolute atomic E-state index is 3.70. The molecule has 19 heavy (non-hydrogen) atoms. The number of benzene rings is 1. The molecular formula is C17H27NS. The molecule has 1 fully saturated rings. The van der Waals surface area contributed by atoms with Crippen LogP contribution in [0.4, 0.5) is 0 Å². The predicted octanol–water partition coefficient (Wildman–Crippen LogP) is 4.40. The number of hydrogen-bond acceptors (Lipinski definition) is 2. The van der Waals surface area contributed by atoms with E-state index in [1.807, 2.05) is 0 Å². The highest BCUT2D eigenvalue weighted by molar-refractivity contribution is 7.98. The Labute approximate surface area is 122 Å². The molecule has 0 aliphatic heterocycles. The van der Waals surface area contributed by atoms with Crippen LogP contribution in [0.1, 0.15) is 43.7 Å². The van der Waals surface area contributed by atoms with E-state index in [4.69, 9.17) is 0 Å². The average Bonchev–Trinajstić information content (AvgIpc) is 2.94. The molecule has 1 aromatic carbocycles. The lowest BCUT2D eigenvalue weighted by Gasteiger charge is -2.24. The SMILES string of the molecule is CCNC(CSCc1ccccc1C)C1CCCC1. The lowest BCUT2D eigenvalue weighted by molar-refractivity contribution is 0.394. The van der Waals surface area contributed by atoms with E-state index < -0.39 is 0 Å². The maximum atomic E-state index is 3.70. The Balaban J connectivity index is 1.80. The zero-order valence-corrected chi connectivity index (χ0v) is 13.1. The van der Waals surface area contributed by atoms with E-state index in [0.717, 1.165) is 24.3 Å². The highest BCUT2D eigenvalue weighted by Crippen LogP contribution is 2.30. The van der Waals surface area contributed by atoms with E-state index in [2.05, 4.69) is 55.2 Å². The third-order valence-electron chi connectivity index (χ3n) is 4.25. The van der Waals surface area contributed by atoms with Gasteiger partial charge in [0.25, 0.3) is 0 Å². The van der Waals surface area contributed by atoms with Crippen LogP contribution in [0.2, 0.25) is 0 Å². The van der Waals surface area contributed by atoms with Gasteiger partial charge in [-0.1, -0.05) is 44.0 Å². The Bertz CT molecular complexity index is 371. The average molecular weight is 277 g/mol. The molecular weight excluding hydrogens is 250 g/mol. The van der Waals surface area contributed by atoms with Crippen molar-refractivity contribution in [3.05, 3.63) is 35.4 Å². The summed E-state index contributed by atoms with van der Waals surface area (Å²) >= 11 is 2.09. The third-order valence-corrected chi connectivity index (χ3v) is 5.36. The zero-order valence-electron chi connectivity index (χ0n) is 12.3. The maximum Gasteiger partial charge on any atom is 0.0187 e. The fourth-order valence-electron chi connectivity index (χ4n) is 3.05. The minimum absolute atomic E-state index is 0.724. The Morgan fingerprint density at radius 2 is 2.00 bits per heavy atom. The fourth-order valence-corrected chi connectivity index (χ4v) is 4.36. The minimum Gasteiger partial charge on any atom is -0.313 e. The molecule has 2 heteroatoms. The fraction of sp³-hybridized carbons (Fsp3) is 0.647. The molecule has 1 nitrogen and oxygen atoms in total. The summed E-state index contributed by atoms with van der Waals surface area (Å²) in [7, 11) is 0. The van der Waals surface area contributed by atoms with Crippen LogP contribution in [-0.4, -0.2) is 18.3 Å². The van der Waals surface area contributed by atoms with Crippen molar-refractivity contribution in [1.82, 2.24) is 5.32 Å². The van der Waals surface area contributed by atoms with Gasteiger partial charge in [0.1, 0.15) is 0 Å². The Kier molecular flexibility index (Phi) is 6.25. The largest absolute Gasteiger partial charge is 0.313 e. The van der Waals surface area contributed by atoms with Crippen LogP contribution in [-0.2, 0) is 5.75 Å². The Morgan fingerprint density at radius 3 is 2.68 bits per heavy atom. The van der Waals surface area contributed by atoms with Gasteiger partial charge < -0.3 is 5.32 Å². The van der Waals surface area contributed by atoms with Gasteiger partial charge in [-0.3, -0.25) is 0 Å². The predicted molar refractivity (Wildman–Crippen MR) is 86.8 cm³/mol. The number of aryl methyl sites for hydroxylation is 1. The smallest absolute Gasteiger partial charge is 0.0187 e. The summed E-state index contributed by atoms with van der Waals surface area (Å²) in [5, 5.41) is 3.70. The van der Waals surface area contributed by atoms with Gasteiger partial charge in [0.05, 0.1) is 0 Å². The van der Waals surface area contributed by atoms with Crippen molar-refractivity contribution in [3.63, 3.8) is 0 Å². The van der Waals surface area contributed by atoms with Gasteiger partial charge in [0, 0.05) is 17.5 Å². The van der Waals surface area contributed by atoms with Crippen LogP contribution in [0.25, 0.3) is 0 Å². The molecule has 0 amide bonds. The monoisotopic (exact) mass is 277 g/mol. The van der Waals surface area contributed by atoms with Crippen molar-refractivity contribution in [3.8, 4) is 0 Å². The molecule has 0 saturated heterocycles. The van der Waals surface area contributed by atoms with Crippen LogP contribution in [0, 0.1) is 12.8 Å². The summed E-state index contributed by atoms with van der Waals surface area (Å²) in [6.45, 7) is 5.55. The van der Waals surface area contributed by atoms with Gasteiger partial charge in [-0.2, -0.15) is 11.8 Å². The molecule has 0 heterocycles. The first-order valence-electron chi connectivity index (χ1n) is 7.67. The molecule has 1 atom stereocenters. The summed E-state index contributed by atoms with van der Waals surface area (Å²) in [5.41, 5.74) is 2.92. The topological polar surface area (TPSA) is 12.0 Å². The number of thioether (sulfide) groups is 1. The Morgan fingerprint density at radius 1 is 1.26 bits per heavy atom. The van der Waals surface area contributed by atoms with E-state index >= 15 is 0 Å². The van der Waals surface area contributed by atoms with E-state index in [1.165, 1.54) is 42.6 Å². The lowest BCUT2D eigenvalue weighted by atomic mass is 10.00. The number of nitrogens with one attached hydrogen (secondary N) is 1. The highest BCUT2D eigenvalue weighted by atomic mass is 32.2. The summed E-state index contributed by atoms with van der Waals surface area (Å²) in [6, 6.07) is 9.49. The normalized spacial score (nSPS) is 17.8. The molecule has 0 radical (unpaired) electrons. The summed E-state index contributed by atoms with van der Waals surface area (Å²) in [5.74, 6) is 3.33. The number of hydrogen-bond donors (Lipinski definition) is 1. The van der Waals surface area contributed by atoms with Gasteiger partial charge in [0.15, 0.2) is 0 Å². The molecule has 1 aliphatic rings. The molecule has 1 N–H and O–H groups in total. The second kappa shape index (κ2) is 7.96. The van der Waals surface area contributed by atoms with Crippen molar-refractivity contribution in [1.29, 1.82) is 0 Å². The van der Waals surface area contributed by atoms with Gasteiger partial charge in [-0.05, 0) is 43.4 Å². The second-order valence-corrected chi connectivity index (χ2v) is 6.68. The van der Waals surface area contributed by atoms with Crippen LogP contribution in [0.15, 0.2) is 24.3 Å². The summed E-state index contributed by atoms with van der Waals surface area (Å²) in [4.78, 5) is 0. The lowest BCUT2D eigenvalue weighted by Crippen LogP contribution is -2.37. The van der Waals surface area contributed by atoms with Crippen molar-refractivity contribution in [2.75, 3.05) is 12.3 Å². The van der Waals surface area contributed by atoms with Crippen LogP contribution in [0.5, 0.6) is 0 Å². The Hall–Kier alpha value is -0.470. The first kappa shape index (κ1) is 14.9. The molecule has 1 aliphatic carbocycles. The summed E-state index contributed by atoms with van der Waals surface area (Å²) < 4.78 is 0. The van der Waals surface area contributed by atoms with Crippen molar-refractivity contribution < 1.29 is 0 Å². The van der Waals surface area contributed by atoms with Crippen LogP contribution in [0.3, 0.4) is 0 Å². The van der Waals surface area contributed by atoms with Gasteiger partial charge in [0.2, 0.25) is 0 Å². The van der Waals surface area contributed by atoms with E-state index in [1.54, 1.807) is 0 Å². The quantitative estimate of drug-likeness (QED) is 0.793. The van der Waals surface area contributed by atoms with Crippen LogP contribution >= 0.6 is 11.8 Å². The number of rotatable bonds is 7. The zero-order chi connectivity index (χ0) is 13.5. The summed E-state index contributed by atoms with van der Waals surface area (Å²) in [6.07, 6.45) is 5.75. The standard InChI is InChI=1S/C17H27NS/c1-3-18-17(15-9-6-7-10-15)13-19-12-16-11-5-4-8-14(16)2/h4-5,8,11,15,17-18H,3,6-7,9-10,12-13H2,1-2H3. The molecule has 1 saturated carbocycles. The molecule has 0 spiro atoms. The molecule has 1 unspecified atom stereocenters. The molecule has 0 aromatic heterocycles. The molecule has 1 aromatic rings. The van der Waals surface area contributed by atoms with E-state index in [9.17, 15) is 0 Å². The molecule has 2 rings (SSSR count). The third kappa shape index (κ3) is 4.54. The second-order valence-electron chi connectivity index (χ2n) is 5.65. The van der Waals surface area contributed by atoms with E-state index in [0.29, 0.717) is 0 Å².